The number of nitrogens with zero attached hydrogens (tertiary/aromatic N) is 2. The van der Waals surface area contributed by atoms with Crippen LogP contribution < -0.4 is 0 Å². The summed E-state index contributed by atoms with van der Waals surface area (Å²) in [5, 5.41) is 8.93. The fourth-order valence-corrected chi connectivity index (χ4v) is 3.62. The molecule has 3 heterocycles. The van der Waals surface area contributed by atoms with Crippen LogP contribution in [0.15, 0.2) is 30.3 Å². The number of rotatable bonds is 2. The van der Waals surface area contributed by atoms with Crippen molar-refractivity contribution >= 4 is 0 Å². The molecule has 2 heteroatoms. The van der Waals surface area contributed by atoms with E-state index in [-0.39, 0.29) is 0 Å². The molecule has 2 bridgehead atoms. The van der Waals surface area contributed by atoms with Crippen LogP contribution in [0.1, 0.15) is 24.3 Å². The van der Waals surface area contributed by atoms with Gasteiger partial charge in [0, 0.05) is 19.5 Å². The summed E-state index contributed by atoms with van der Waals surface area (Å²) in [5.41, 5.74) is 1.46. The lowest BCUT2D eigenvalue weighted by Crippen LogP contribution is -2.51. The van der Waals surface area contributed by atoms with E-state index < -0.39 is 0 Å². The Bertz CT molecular complexity index is 420. The minimum Gasteiger partial charge on any atom is -0.302 e. The average Bonchev–Trinajstić information content (AvgIpc) is 2.41. The molecule has 0 N–H and O–H groups in total. The van der Waals surface area contributed by atoms with Crippen molar-refractivity contribution in [3.63, 3.8) is 0 Å². The molecule has 3 saturated heterocycles. The van der Waals surface area contributed by atoms with E-state index in [0.29, 0.717) is 11.8 Å². The predicted octanol–water partition coefficient (Wildman–Crippen LogP) is 2.64. The molecule has 2 nitrogen and oxygen atoms in total. The topological polar surface area (TPSA) is 27.0 Å². The molecule has 1 aromatic carbocycles. The van der Waals surface area contributed by atoms with Crippen LogP contribution in [0, 0.1) is 23.2 Å². The highest BCUT2D eigenvalue weighted by atomic mass is 15.2. The van der Waals surface area contributed by atoms with E-state index in [4.69, 9.17) is 5.26 Å². The van der Waals surface area contributed by atoms with Crippen molar-refractivity contribution in [1.82, 2.24) is 4.90 Å². The van der Waals surface area contributed by atoms with Gasteiger partial charge in [-0.2, -0.15) is 5.26 Å². The van der Waals surface area contributed by atoms with E-state index in [2.05, 4.69) is 41.3 Å². The number of piperidine rings is 3. The first kappa shape index (κ1) is 10.8. The van der Waals surface area contributed by atoms with Crippen molar-refractivity contribution in [3.8, 4) is 6.07 Å². The molecule has 4 atom stereocenters. The Balaban J connectivity index is 1.85. The van der Waals surface area contributed by atoms with Gasteiger partial charge >= 0.3 is 0 Å². The Hall–Kier alpha value is -1.33. The van der Waals surface area contributed by atoms with Crippen molar-refractivity contribution in [2.75, 3.05) is 19.6 Å². The van der Waals surface area contributed by atoms with Crippen molar-refractivity contribution in [1.29, 1.82) is 5.26 Å². The number of nitriles is 1. The van der Waals surface area contributed by atoms with Crippen LogP contribution >= 0.6 is 0 Å². The van der Waals surface area contributed by atoms with E-state index in [1.165, 1.54) is 25.1 Å². The Morgan fingerprint density at radius 1 is 1.24 bits per heavy atom. The molecule has 88 valence electrons. The Labute approximate surface area is 103 Å². The Kier molecular flexibility index (Phi) is 2.86. The van der Waals surface area contributed by atoms with Gasteiger partial charge in [-0.1, -0.05) is 30.3 Å². The van der Waals surface area contributed by atoms with E-state index >= 15 is 0 Å². The van der Waals surface area contributed by atoms with Gasteiger partial charge in [0.15, 0.2) is 0 Å². The van der Waals surface area contributed by atoms with Gasteiger partial charge in [-0.3, -0.25) is 0 Å². The highest BCUT2D eigenvalue weighted by Crippen LogP contribution is 2.43. The third kappa shape index (κ3) is 1.96. The van der Waals surface area contributed by atoms with Crippen LogP contribution in [0.25, 0.3) is 0 Å². The molecular formula is C15H18N2. The molecule has 4 rings (SSSR count). The zero-order valence-electron chi connectivity index (χ0n) is 10.0. The monoisotopic (exact) mass is 226 g/mol. The molecule has 3 fully saturated rings. The molecule has 3 aliphatic rings. The first-order chi connectivity index (χ1) is 8.38. The number of hydrogen-bond donors (Lipinski definition) is 0. The van der Waals surface area contributed by atoms with Gasteiger partial charge in [-0.25, -0.2) is 0 Å². The molecule has 1 unspecified atom stereocenters. The molecule has 0 spiro atoms. The summed E-state index contributed by atoms with van der Waals surface area (Å²) < 4.78 is 0. The summed E-state index contributed by atoms with van der Waals surface area (Å²) >= 11 is 0. The quantitative estimate of drug-likeness (QED) is 0.775. The van der Waals surface area contributed by atoms with Crippen LogP contribution in [0.2, 0.25) is 0 Å². The third-order valence-corrected chi connectivity index (χ3v) is 4.43. The first-order valence-electron chi connectivity index (χ1n) is 6.52. The minimum atomic E-state index is 0.590. The van der Waals surface area contributed by atoms with Crippen LogP contribution in [-0.2, 0) is 0 Å². The van der Waals surface area contributed by atoms with Gasteiger partial charge in [0.1, 0.15) is 0 Å². The summed E-state index contributed by atoms with van der Waals surface area (Å²) in [6.45, 7) is 3.56. The largest absolute Gasteiger partial charge is 0.302 e. The molecule has 3 aliphatic heterocycles. The second-order valence-corrected chi connectivity index (χ2v) is 5.35. The van der Waals surface area contributed by atoms with Crippen molar-refractivity contribution in [2.45, 2.75) is 18.8 Å². The number of benzene rings is 1. The van der Waals surface area contributed by atoms with Gasteiger partial charge in [0.25, 0.3) is 0 Å². The fourth-order valence-electron chi connectivity index (χ4n) is 3.62. The summed E-state index contributed by atoms with van der Waals surface area (Å²) in [6.07, 6.45) is 2.00. The zero-order chi connectivity index (χ0) is 11.7. The highest BCUT2D eigenvalue weighted by Gasteiger charge is 2.41. The summed E-state index contributed by atoms with van der Waals surface area (Å²) in [7, 11) is 0. The number of hydrogen-bond acceptors (Lipinski definition) is 2. The van der Waals surface area contributed by atoms with Crippen molar-refractivity contribution in [3.05, 3.63) is 35.9 Å². The molecule has 17 heavy (non-hydrogen) atoms. The van der Waals surface area contributed by atoms with Gasteiger partial charge in [0.05, 0.1) is 6.07 Å². The van der Waals surface area contributed by atoms with Crippen LogP contribution in [0.4, 0.5) is 0 Å². The molecule has 0 aliphatic carbocycles. The van der Waals surface area contributed by atoms with Gasteiger partial charge in [0.2, 0.25) is 0 Å². The Morgan fingerprint density at radius 2 is 2.06 bits per heavy atom. The molecule has 0 aromatic heterocycles. The van der Waals surface area contributed by atoms with Gasteiger partial charge in [-0.15, -0.1) is 0 Å². The smallest absolute Gasteiger partial charge is 0.0625 e. The summed E-state index contributed by atoms with van der Waals surface area (Å²) in [5.74, 6) is 1.96. The lowest BCUT2D eigenvalue weighted by atomic mass is 9.69. The van der Waals surface area contributed by atoms with E-state index in [1.807, 2.05) is 0 Å². The maximum Gasteiger partial charge on any atom is 0.0625 e. The molecular weight excluding hydrogens is 208 g/mol. The SMILES string of the molecule is N#CC[C@H]1CN2CC[C@H]1[C@H](c1ccccc1)C2. The van der Waals surface area contributed by atoms with Crippen LogP contribution in [0.3, 0.4) is 0 Å². The van der Waals surface area contributed by atoms with Crippen molar-refractivity contribution in [2.24, 2.45) is 11.8 Å². The maximum atomic E-state index is 8.93. The zero-order valence-corrected chi connectivity index (χ0v) is 10.0. The third-order valence-electron chi connectivity index (χ3n) is 4.43. The maximum absolute atomic E-state index is 8.93. The highest BCUT2D eigenvalue weighted by molar-refractivity contribution is 5.23. The molecule has 0 amide bonds. The first-order valence-corrected chi connectivity index (χ1v) is 6.52. The molecule has 0 radical (unpaired) electrons. The second kappa shape index (κ2) is 4.50. The van der Waals surface area contributed by atoms with Crippen LogP contribution in [-0.4, -0.2) is 24.5 Å². The minimum absolute atomic E-state index is 0.590. The average molecular weight is 226 g/mol. The normalized spacial score (nSPS) is 35.5. The summed E-state index contributed by atoms with van der Waals surface area (Å²) in [6, 6.07) is 13.2. The fraction of sp³-hybridized carbons (Fsp3) is 0.533. The Morgan fingerprint density at radius 3 is 2.76 bits per heavy atom. The molecule has 1 aromatic rings. The van der Waals surface area contributed by atoms with Gasteiger partial charge < -0.3 is 4.90 Å². The van der Waals surface area contributed by atoms with Gasteiger partial charge in [-0.05, 0) is 36.3 Å². The van der Waals surface area contributed by atoms with E-state index in [1.54, 1.807) is 0 Å². The number of fused-ring (bicyclic) bond motifs is 3. The van der Waals surface area contributed by atoms with Crippen molar-refractivity contribution < 1.29 is 0 Å². The van der Waals surface area contributed by atoms with E-state index in [0.717, 1.165) is 18.9 Å². The second-order valence-electron chi connectivity index (χ2n) is 5.35. The standard InChI is InChI=1S/C15H18N2/c16-8-6-13-10-17-9-7-14(13)15(11-17)12-4-2-1-3-5-12/h1-5,13-15H,6-7,9-11H2/t13-,14+,15-/m0/s1. The predicted molar refractivity (Wildman–Crippen MR) is 67.5 cm³/mol. The lowest BCUT2D eigenvalue weighted by Gasteiger charge is -2.49. The van der Waals surface area contributed by atoms with E-state index in [9.17, 15) is 0 Å². The molecule has 0 saturated carbocycles. The van der Waals surface area contributed by atoms with Crippen LogP contribution in [0.5, 0.6) is 0 Å². The summed E-state index contributed by atoms with van der Waals surface area (Å²) in [4.78, 5) is 2.54. The lowest BCUT2D eigenvalue weighted by molar-refractivity contribution is 0.0320.